The van der Waals surface area contributed by atoms with Gasteiger partial charge in [0.2, 0.25) is 0 Å². The van der Waals surface area contributed by atoms with E-state index in [0.29, 0.717) is 10.7 Å². The zero-order chi connectivity index (χ0) is 18.2. The summed E-state index contributed by atoms with van der Waals surface area (Å²) in [7, 11) is -3.46. The van der Waals surface area contributed by atoms with Gasteiger partial charge in [-0.2, -0.15) is 0 Å². The van der Waals surface area contributed by atoms with E-state index >= 15 is 0 Å². The maximum Gasteiger partial charge on any atom is 0.323 e. The first-order valence-electron chi connectivity index (χ1n) is 7.54. The summed E-state index contributed by atoms with van der Waals surface area (Å²) in [5, 5.41) is 2.48. The van der Waals surface area contributed by atoms with Gasteiger partial charge in [0.25, 0.3) is 0 Å². The zero-order valence-electron chi connectivity index (χ0n) is 13.4. The normalized spacial score (nSPS) is 17.1. The number of hydrogen-bond acceptors (Lipinski definition) is 3. The molecule has 2 aromatic rings. The third-order valence-corrected chi connectivity index (χ3v) is 6.09. The smallest absolute Gasteiger partial charge is 0.306 e. The van der Waals surface area contributed by atoms with E-state index in [2.05, 4.69) is 5.32 Å². The van der Waals surface area contributed by atoms with Crippen molar-refractivity contribution in [2.24, 2.45) is 0 Å². The quantitative estimate of drug-likeness (QED) is 0.832. The van der Waals surface area contributed by atoms with Gasteiger partial charge in [0.05, 0.1) is 10.7 Å². The van der Waals surface area contributed by atoms with Crippen molar-refractivity contribution in [1.29, 1.82) is 0 Å². The van der Waals surface area contributed by atoms with Crippen LogP contribution in [-0.4, -0.2) is 31.0 Å². The van der Waals surface area contributed by atoms with Gasteiger partial charge in [0, 0.05) is 24.2 Å². The highest BCUT2D eigenvalue weighted by Crippen LogP contribution is 2.29. The lowest BCUT2D eigenvalue weighted by Crippen LogP contribution is -2.49. The number of rotatable bonds is 2. The molecule has 2 amide bonds. The molecule has 1 aliphatic rings. The van der Waals surface area contributed by atoms with Gasteiger partial charge in [-0.1, -0.05) is 47.5 Å². The molecule has 1 unspecified atom stereocenters. The minimum absolute atomic E-state index is 0.213. The molecule has 25 heavy (non-hydrogen) atoms. The van der Waals surface area contributed by atoms with E-state index in [4.69, 9.17) is 23.2 Å². The van der Waals surface area contributed by atoms with Crippen LogP contribution in [-0.2, 0) is 22.8 Å². The van der Waals surface area contributed by atoms with Crippen molar-refractivity contribution in [3.05, 3.63) is 63.6 Å². The van der Waals surface area contributed by atoms with Crippen LogP contribution in [0.5, 0.6) is 0 Å². The summed E-state index contributed by atoms with van der Waals surface area (Å²) in [6, 6.07) is 11.7. The molecule has 0 radical (unpaired) electrons. The molecule has 0 aliphatic carbocycles. The van der Waals surface area contributed by atoms with E-state index < -0.39 is 21.2 Å². The van der Waals surface area contributed by atoms with Gasteiger partial charge in [-0.25, -0.2) is 13.2 Å². The van der Waals surface area contributed by atoms with Crippen LogP contribution in [0.1, 0.15) is 11.1 Å². The first kappa shape index (κ1) is 18.0. The minimum atomic E-state index is -3.46. The van der Waals surface area contributed by atoms with Gasteiger partial charge in [0.1, 0.15) is 5.37 Å². The Morgan fingerprint density at radius 2 is 1.84 bits per heavy atom. The standard InChI is InChI=1S/C17H16Cl2N2O3S/c1-25(23,24)16-8-11-4-2-3-5-12(11)10-21(16)17(22)20-15-7-6-13(18)9-14(15)19/h2-7,9,16H,8,10H2,1H3,(H,20,22). The molecule has 0 saturated heterocycles. The number of fused-ring (bicyclic) bond motifs is 1. The van der Waals surface area contributed by atoms with Gasteiger partial charge >= 0.3 is 6.03 Å². The highest BCUT2D eigenvalue weighted by molar-refractivity contribution is 7.91. The van der Waals surface area contributed by atoms with E-state index in [-0.39, 0.29) is 18.0 Å². The van der Waals surface area contributed by atoms with Crippen LogP contribution in [0.15, 0.2) is 42.5 Å². The highest BCUT2D eigenvalue weighted by atomic mass is 35.5. The number of hydrogen-bond donors (Lipinski definition) is 1. The first-order chi connectivity index (χ1) is 11.8. The summed E-state index contributed by atoms with van der Waals surface area (Å²) in [5.41, 5.74) is 2.24. The number of carbonyl (C=O) groups is 1. The van der Waals surface area contributed by atoms with Crippen LogP contribution in [0.3, 0.4) is 0 Å². The van der Waals surface area contributed by atoms with E-state index in [1.54, 1.807) is 12.1 Å². The summed E-state index contributed by atoms with van der Waals surface area (Å²) >= 11 is 11.9. The fourth-order valence-corrected chi connectivity index (χ4v) is 4.43. The Hall–Kier alpha value is -1.76. The van der Waals surface area contributed by atoms with Gasteiger partial charge < -0.3 is 10.2 Å². The first-order valence-corrected chi connectivity index (χ1v) is 10.2. The summed E-state index contributed by atoms with van der Waals surface area (Å²) in [6.45, 7) is 0.213. The van der Waals surface area contributed by atoms with Crippen molar-refractivity contribution in [3.63, 3.8) is 0 Å². The van der Waals surface area contributed by atoms with E-state index in [0.717, 1.165) is 17.4 Å². The predicted octanol–water partition coefficient (Wildman–Crippen LogP) is 3.95. The molecule has 2 aromatic carbocycles. The molecule has 0 spiro atoms. The third kappa shape index (κ3) is 3.92. The average molecular weight is 399 g/mol. The second-order valence-corrected chi connectivity index (χ2v) is 8.99. The van der Waals surface area contributed by atoms with Crippen molar-refractivity contribution in [2.45, 2.75) is 18.3 Å². The van der Waals surface area contributed by atoms with Crippen LogP contribution in [0.2, 0.25) is 10.0 Å². The number of urea groups is 1. The number of amides is 2. The predicted molar refractivity (Wildman–Crippen MR) is 99.8 cm³/mol. The number of carbonyl (C=O) groups excluding carboxylic acids is 1. The zero-order valence-corrected chi connectivity index (χ0v) is 15.7. The SMILES string of the molecule is CS(=O)(=O)C1Cc2ccccc2CN1C(=O)Nc1ccc(Cl)cc1Cl. The third-order valence-electron chi connectivity index (χ3n) is 4.13. The van der Waals surface area contributed by atoms with E-state index in [1.165, 1.54) is 11.0 Å². The molecule has 8 heteroatoms. The summed E-state index contributed by atoms with van der Waals surface area (Å²) in [5.74, 6) is 0. The molecular weight excluding hydrogens is 383 g/mol. The molecule has 1 heterocycles. The number of anilines is 1. The summed E-state index contributed by atoms with van der Waals surface area (Å²) in [6.07, 6.45) is 1.40. The van der Waals surface area contributed by atoms with E-state index in [1.807, 2.05) is 24.3 Å². The van der Waals surface area contributed by atoms with Crippen molar-refractivity contribution in [2.75, 3.05) is 11.6 Å². The number of sulfone groups is 1. The maximum absolute atomic E-state index is 12.7. The van der Waals surface area contributed by atoms with Gasteiger partial charge in [-0.05, 0) is 29.3 Å². The van der Waals surface area contributed by atoms with Crippen LogP contribution in [0.4, 0.5) is 10.5 Å². The molecule has 1 aliphatic heterocycles. The second-order valence-electron chi connectivity index (χ2n) is 5.94. The van der Waals surface area contributed by atoms with Gasteiger partial charge in [-0.3, -0.25) is 0 Å². The van der Waals surface area contributed by atoms with Crippen LogP contribution in [0, 0.1) is 0 Å². The Bertz CT molecular complexity index is 931. The van der Waals surface area contributed by atoms with Crippen molar-refractivity contribution in [1.82, 2.24) is 4.90 Å². The van der Waals surface area contributed by atoms with Crippen molar-refractivity contribution >= 4 is 44.8 Å². The van der Waals surface area contributed by atoms with Crippen molar-refractivity contribution < 1.29 is 13.2 Å². The lowest BCUT2D eigenvalue weighted by atomic mass is 10.00. The van der Waals surface area contributed by atoms with Crippen LogP contribution >= 0.6 is 23.2 Å². The minimum Gasteiger partial charge on any atom is -0.306 e. The molecule has 0 bridgehead atoms. The Morgan fingerprint density at radius 1 is 1.16 bits per heavy atom. The largest absolute Gasteiger partial charge is 0.323 e. The Labute approximate surface area is 156 Å². The molecule has 5 nitrogen and oxygen atoms in total. The number of nitrogens with one attached hydrogen (secondary N) is 1. The number of halogens is 2. The van der Waals surface area contributed by atoms with Gasteiger partial charge in [-0.15, -0.1) is 0 Å². The molecule has 3 rings (SSSR count). The average Bonchev–Trinajstić information content (AvgIpc) is 2.55. The van der Waals surface area contributed by atoms with Gasteiger partial charge in [0.15, 0.2) is 9.84 Å². The molecule has 1 atom stereocenters. The molecule has 132 valence electrons. The molecule has 0 saturated carbocycles. The fraction of sp³-hybridized carbons (Fsp3) is 0.235. The molecule has 1 N–H and O–H groups in total. The molecule has 0 aromatic heterocycles. The summed E-state index contributed by atoms with van der Waals surface area (Å²) < 4.78 is 24.4. The lowest BCUT2D eigenvalue weighted by molar-refractivity contribution is 0.197. The van der Waals surface area contributed by atoms with E-state index in [9.17, 15) is 13.2 Å². The number of benzene rings is 2. The van der Waals surface area contributed by atoms with Crippen LogP contribution in [0.25, 0.3) is 0 Å². The monoisotopic (exact) mass is 398 g/mol. The Morgan fingerprint density at radius 3 is 2.48 bits per heavy atom. The lowest BCUT2D eigenvalue weighted by Gasteiger charge is -2.35. The summed E-state index contributed by atoms with van der Waals surface area (Å²) in [4.78, 5) is 14.1. The highest BCUT2D eigenvalue weighted by Gasteiger charge is 2.36. The Kier molecular flexibility index (Phi) is 4.95. The second kappa shape index (κ2) is 6.86. The molecular formula is C17H16Cl2N2O3S. The Balaban J connectivity index is 1.91. The maximum atomic E-state index is 12.7. The van der Waals surface area contributed by atoms with Crippen molar-refractivity contribution in [3.8, 4) is 0 Å². The topological polar surface area (TPSA) is 66.5 Å². The van der Waals surface area contributed by atoms with Crippen LogP contribution < -0.4 is 5.32 Å². The number of nitrogens with zero attached hydrogens (tertiary/aromatic N) is 1. The fourth-order valence-electron chi connectivity index (χ4n) is 2.86. The molecule has 0 fully saturated rings.